The van der Waals surface area contributed by atoms with E-state index in [2.05, 4.69) is 17.0 Å². The second kappa shape index (κ2) is 4.94. The number of hydrogen-bond donors (Lipinski definition) is 2. The molecule has 0 aromatic heterocycles. The van der Waals surface area contributed by atoms with E-state index in [0.717, 1.165) is 10.6 Å². The van der Waals surface area contributed by atoms with Gasteiger partial charge < -0.3 is 5.32 Å². The van der Waals surface area contributed by atoms with Crippen molar-refractivity contribution in [2.45, 2.75) is 25.7 Å². The molecule has 82 valence electrons. The van der Waals surface area contributed by atoms with Crippen molar-refractivity contribution >= 4 is 34.0 Å². The van der Waals surface area contributed by atoms with E-state index in [1.54, 1.807) is 0 Å². The minimum atomic E-state index is -0.381. The summed E-state index contributed by atoms with van der Waals surface area (Å²) in [6, 6.07) is 7.62. The lowest BCUT2D eigenvalue weighted by Crippen LogP contribution is -2.27. The van der Waals surface area contributed by atoms with E-state index in [1.165, 1.54) is 10.8 Å². The Morgan fingerprint density at radius 3 is 2.47 bits per heavy atom. The Morgan fingerprint density at radius 2 is 1.93 bits per heavy atom. The highest BCUT2D eigenvalue weighted by Crippen LogP contribution is 2.30. The van der Waals surface area contributed by atoms with E-state index in [0.29, 0.717) is 0 Å². The summed E-state index contributed by atoms with van der Waals surface area (Å²) in [6.45, 7) is 5.66. The molecule has 0 atom stereocenters. The van der Waals surface area contributed by atoms with E-state index in [9.17, 15) is 4.79 Å². The van der Waals surface area contributed by atoms with Crippen molar-refractivity contribution in [1.29, 1.82) is 0 Å². The number of nitrogens with one attached hydrogen (secondary N) is 1. The first kappa shape index (κ1) is 12.5. The van der Waals surface area contributed by atoms with Gasteiger partial charge in [0.25, 0.3) is 0 Å². The van der Waals surface area contributed by atoms with Crippen LogP contribution in [0.4, 0.5) is 5.69 Å². The summed E-state index contributed by atoms with van der Waals surface area (Å²) in [6.07, 6.45) is 0. The van der Waals surface area contributed by atoms with Crippen molar-refractivity contribution in [1.82, 2.24) is 0 Å². The van der Waals surface area contributed by atoms with Crippen LogP contribution in [-0.4, -0.2) is 5.91 Å². The first-order chi connectivity index (χ1) is 6.95. The van der Waals surface area contributed by atoms with Crippen LogP contribution in [0.5, 0.6) is 0 Å². The number of para-hydroxylation sites is 1. The summed E-state index contributed by atoms with van der Waals surface area (Å²) in [5.74, 6) is 0.0114. The largest absolute Gasteiger partial charge is 0.325 e. The van der Waals surface area contributed by atoms with Crippen LogP contribution in [0, 0.1) is 5.41 Å². The fourth-order valence-corrected chi connectivity index (χ4v) is 1.79. The lowest BCUT2D eigenvalue weighted by Gasteiger charge is -2.18. The zero-order valence-electron chi connectivity index (χ0n) is 9.07. The van der Waals surface area contributed by atoms with Crippen LogP contribution < -0.4 is 5.32 Å². The van der Waals surface area contributed by atoms with Gasteiger partial charge in [0.2, 0.25) is 5.91 Å². The van der Waals surface area contributed by atoms with Crippen molar-refractivity contribution < 1.29 is 4.79 Å². The fourth-order valence-electron chi connectivity index (χ4n) is 0.959. The highest BCUT2D eigenvalue weighted by Gasteiger charge is 2.21. The Kier molecular flexibility index (Phi) is 4.11. The lowest BCUT2D eigenvalue weighted by atomic mass is 9.95. The molecule has 1 N–H and O–H groups in total. The quantitative estimate of drug-likeness (QED) is 0.612. The van der Waals surface area contributed by atoms with Gasteiger partial charge in [0.05, 0.1) is 5.69 Å². The Bertz CT molecular complexity index is 358. The first-order valence-corrected chi connectivity index (χ1v) is 6.54. The Labute approximate surface area is 99.6 Å². The summed E-state index contributed by atoms with van der Waals surface area (Å²) in [4.78, 5) is 12.7. The molecule has 0 saturated carbocycles. The lowest BCUT2D eigenvalue weighted by molar-refractivity contribution is -0.123. The minimum Gasteiger partial charge on any atom is -0.325 e. The van der Waals surface area contributed by atoms with E-state index < -0.39 is 0 Å². The molecule has 1 rings (SSSR count). The summed E-state index contributed by atoms with van der Waals surface area (Å²) < 4.78 is 0. The number of carbonyl (C=O) groups excluding carboxylic acids is 1. The van der Waals surface area contributed by atoms with Crippen LogP contribution in [0.15, 0.2) is 29.2 Å². The van der Waals surface area contributed by atoms with Crippen molar-refractivity contribution in [3.63, 3.8) is 0 Å². The van der Waals surface area contributed by atoms with Gasteiger partial charge in [-0.1, -0.05) is 43.7 Å². The molecule has 2 nitrogen and oxygen atoms in total. The smallest absolute Gasteiger partial charge is 0.229 e. The van der Waals surface area contributed by atoms with Gasteiger partial charge in [0.15, 0.2) is 0 Å². The van der Waals surface area contributed by atoms with Crippen LogP contribution in [0.2, 0.25) is 0 Å². The highest BCUT2D eigenvalue weighted by atomic mass is 33.1. The number of hydrogen-bond acceptors (Lipinski definition) is 3. The molecular formula is C11H15NOS2. The van der Waals surface area contributed by atoms with Crippen LogP contribution in [0.25, 0.3) is 0 Å². The average molecular weight is 241 g/mol. The van der Waals surface area contributed by atoms with Crippen LogP contribution in [0.1, 0.15) is 20.8 Å². The predicted octanol–water partition coefficient (Wildman–Crippen LogP) is 3.61. The van der Waals surface area contributed by atoms with Crippen molar-refractivity contribution in [3.05, 3.63) is 24.3 Å². The third kappa shape index (κ3) is 3.47. The fraction of sp³-hybridized carbons (Fsp3) is 0.364. The van der Waals surface area contributed by atoms with Gasteiger partial charge in [0, 0.05) is 10.3 Å². The molecule has 0 bridgehead atoms. The Morgan fingerprint density at radius 1 is 1.33 bits per heavy atom. The molecule has 0 fully saturated rings. The summed E-state index contributed by atoms with van der Waals surface area (Å²) in [7, 11) is 1.33. The number of anilines is 1. The normalized spacial score (nSPS) is 11.2. The molecule has 1 aromatic rings. The number of amides is 1. The van der Waals surface area contributed by atoms with Crippen LogP contribution in [-0.2, 0) is 4.79 Å². The predicted molar refractivity (Wildman–Crippen MR) is 69.4 cm³/mol. The molecule has 0 aliphatic rings. The van der Waals surface area contributed by atoms with Gasteiger partial charge in [-0.2, -0.15) is 0 Å². The maximum Gasteiger partial charge on any atom is 0.229 e. The molecule has 4 heteroatoms. The van der Waals surface area contributed by atoms with Crippen LogP contribution >= 0.6 is 22.5 Å². The summed E-state index contributed by atoms with van der Waals surface area (Å²) in [5, 5.41) is 2.89. The van der Waals surface area contributed by atoms with E-state index in [1.807, 2.05) is 45.0 Å². The van der Waals surface area contributed by atoms with E-state index >= 15 is 0 Å². The number of benzene rings is 1. The average Bonchev–Trinajstić information content (AvgIpc) is 2.17. The molecule has 0 heterocycles. The van der Waals surface area contributed by atoms with Crippen LogP contribution in [0.3, 0.4) is 0 Å². The topological polar surface area (TPSA) is 29.1 Å². The third-order valence-corrected chi connectivity index (χ3v) is 3.06. The number of carbonyl (C=O) groups is 1. The van der Waals surface area contributed by atoms with E-state index in [-0.39, 0.29) is 11.3 Å². The highest BCUT2D eigenvalue weighted by molar-refractivity contribution is 8.68. The van der Waals surface area contributed by atoms with Gasteiger partial charge in [-0.15, -0.1) is 11.7 Å². The molecular weight excluding hydrogens is 226 g/mol. The monoisotopic (exact) mass is 241 g/mol. The van der Waals surface area contributed by atoms with Gasteiger partial charge in [-0.25, -0.2) is 0 Å². The van der Waals surface area contributed by atoms with Gasteiger partial charge in [-0.05, 0) is 12.1 Å². The molecule has 0 radical (unpaired) electrons. The second-order valence-electron chi connectivity index (χ2n) is 4.29. The molecule has 0 spiro atoms. The SMILES string of the molecule is CC(C)(C)C(=O)Nc1ccccc1SS. The van der Waals surface area contributed by atoms with E-state index in [4.69, 9.17) is 0 Å². The molecule has 1 amide bonds. The van der Waals surface area contributed by atoms with Crippen molar-refractivity contribution in [2.24, 2.45) is 5.41 Å². The third-order valence-electron chi connectivity index (χ3n) is 1.91. The maximum absolute atomic E-state index is 11.8. The Hall–Kier alpha value is -0.610. The standard InChI is InChI=1S/C11H15NOS2/c1-11(2,3)10(13)12-8-6-4-5-7-9(8)15-14/h4-7,14H,1-3H3,(H,12,13). The van der Waals surface area contributed by atoms with Crippen molar-refractivity contribution in [2.75, 3.05) is 5.32 Å². The van der Waals surface area contributed by atoms with Gasteiger partial charge in [0.1, 0.15) is 0 Å². The maximum atomic E-state index is 11.8. The zero-order chi connectivity index (χ0) is 11.5. The molecule has 1 aromatic carbocycles. The Balaban J connectivity index is 2.85. The molecule has 0 unspecified atom stereocenters. The number of rotatable bonds is 2. The molecule has 0 aliphatic carbocycles. The molecule has 15 heavy (non-hydrogen) atoms. The first-order valence-electron chi connectivity index (χ1n) is 4.67. The molecule has 0 saturated heterocycles. The molecule has 0 aliphatic heterocycles. The van der Waals surface area contributed by atoms with Gasteiger partial charge in [-0.3, -0.25) is 4.79 Å². The minimum absolute atomic E-state index is 0.0114. The summed E-state index contributed by atoms with van der Waals surface area (Å²) in [5.41, 5.74) is 0.436. The van der Waals surface area contributed by atoms with Crippen molar-refractivity contribution in [3.8, 4) is 0 Å². The van der Waals surface area contributed by atoms with Gasteiger partial charge >= 0.3 is 0 Å². The summed E-state index contributed by atoms with van der Waals surface area (Å²) >= 11 is 4.14. The zero-order valence-corrected chi connectivity index (χ0v) is 10.8. The number of thiol groups is 1. The second-order valence-corrected chi connectivity index (χ2v) is 5.46.